The van der Waals surface area contributed by atoms with Crippen molar-refractivity contribution >= 4 is 39.7 Å². The number of nitrogens with zero attached hydrogens (tertiary/aromatic N) is 1. The van der Waals surface area contributed by atoms with Gasteiger partial charge in [-0.1, -0.05) is 6.42 Å². The highest BCUT2D eigenvalue weighted by Gasteiger charge is 2.18. The van der Waals surface area contributed by atoms with E-state index in [9.17, 15) is 9.59 Å². The van der Waals surface area contributed by atoms with Gasteiger partial charge in [0.05, 0.1) is 11.5 Å². The largest absolute Gasteiger partial charge is 0.461 e. The number of esters is 1. The van der Waals surface area contributed by atoms with Gasteiger partial charge in [-0.05, 0) is 44.2 Å². The van der Waals surface area contributed by atoms with E-state index in [1.54, 1.807) is 23.6 Å². The molecule has 5 nitrogen and oxygen atoms in total. The fourth-order valence-electron chi connectivity index (χ4n) is 2.57. The van der Waals surface area contributed by atoms with Gasteiger partial charge in [0, 0.05) is 10.3 Å². The van der Waals surface area contributed by atoms with Crippen LogP contribution in [0.3, 0.4) is 0 Å². The topological polar surface area (TPSA) is 68.3 Å². The first-order chi connectivity index (χ1) is 11.2. The van der Waals surface area contributed by atoms with E-state index in [0.717, 1.165) is 12.8 Å². The van der Waals surface area contributed by atoms with E-state index < -0.39 is 5.97 Å². The maximum atomic E-state index is 12.4. The minimum absolute atomic E-state index is 0.159. The summed E-state index contributed by atoms with van der Waals surface area (Å²) in [6, 6.07) is 2.00. The fraction of sp³-hybridized carbons (Fsp3) is 0.438. The molecule has 2 aromatic rings. The van der Waals surface area contributed by atoms with Crippen LogP contribution in [0.2, 0.25) is 0 Å². The molecule has 122 valence electrons. The third kappa shape index (κ3) is 3.79. The summed E-state index contributed by atoms with van der Waals surface area (Å²) in [5.74, 6) is -0.625. The summed E-state index contributed by atoms with van der Waals surface area (Å²) >= 11 is 2.80. The molecule has 7 heteroatoms. The van der Waals surface area contributed by atoms with Crippen LogP contribution in [0.4, 0.5) is 5.13 Å². The minimum Gasteiger partial charge on any atom is -0.461 e. The molecule has 1 aliphatic rings. The summed E-state index contributed by atoms with van der Waals surface area (Å²) in [5.41, 5.74) is 1.54. The molecule has 23 heavy (non-hydrogen) atoms. The Morgan fingerprint density at radius 1 is 1.30 bits per heavy atom. The van der Waals surface area contributed by atoms with Gasteiger partial charge < -0.3 is 4.74 Å². The summed E-state index contributed by atoms with van der Waals surface area (Å²) in [5, 5.41) is 4.78. The highest BCUT2D eigenvalue weighted by molar-refractivity contribution is 7.15. The molecule has 0 bridgehead atoms. The molecule has 0 aromatic carbocycles. The number of fused-ring (bicyclic) bond motifs is 1. The van der Waals surface area contributed by atoms with E-state index in [1.807, 2.05) is 6.07 Å². The number of aryl methyl sites for hydroxylation is 2. The Morgan fingerprint density at radius 2 is 2.13 bits per heavy atom. The van der Waals surface area contributed by atoms with Crippen molar-refractivity contribution in [2.45, 2.75) is 39.0 Å². The van der Waals surface area contributed by atoms with Gasteiger partial charge in [-0.3, -0.25) is 10.1 Å². The van der Waals surface area contributed by atoms with Gasteiger partial charge in [-0.2, -0.15) is 0 Å². The zero-order valence-corrected chi connectivity index (χ0v) is 14.5. The zero-order valence-electron chi connectivity index (χ0n) is 12.9. The lowest BCUT2D eigenvalue weighted by Crippen LogP contribution is -2.11. The SMILES string of the molecule is CCOC(=O)c1csc(NC(=O)c2cc3c(s2)CCCCC3)n1. The first-order valence-electron chi connectivity index (χ1n) is 7.73. The fourth-order valence-corrected chi connectivity index (χ4v) is 4.39. The Morgan fingerprint density at radius 3 is 2.96 bits per heavy atom. The first kappa shape index (κ1) is 16.1. The predicted molar refractivity (Wildman–Crippen MR) is 91.6 cm³/mol. The number of carbonyl (C=O) groups excluding carboxylic acids is 2. The van der Waals surface area contributed by atoms with Crippen LogP contribution in [0.25, 0.3) is 0 Å². The minimum atomic E-state index is -0.466. The van der Waals surface area contributed by atoms with Crippen LogP contribution in [0.5, 0.6) is 0 Å². The number of carbonyl (C=O) groups is 2. The predicted octanol–water partition coefficient (Wildman–Crippen LogP) is 3.90. The van der Waals surface area contributed by atoms with E-state index >= 15 is 0 Å². The molecule has 3 rings (SSSR count). The zero-order chi connectivity index (χ0) is 16.2. The second-order valence-corrected chi connectivity index (χ2v) is 7.33. The standard InChI is InChI=1S/C16H18N2O3S2/c1-2-21-15(20)11-9-22-16(17-11)18-14(19)13-8-10-6-4-3-5-7-12(10)23-13/h8-9H,2-7H2,1H3,(H,17,18,19). The van der Waals surface area contributed by atoms with Crippen molar-refractivity contribution in [2.75, 3.05) is 11.9 Å². The molecule has 0 spiro atoms. The number of thiazole rings is 1. The normalized spacial score (nSPS) is 14.0. The Bertz CT molecular complexity index is 697. The number of anilines is 1. The number of hydrogen-bond acceptors (Lipinski definition) is 6. The Labute approximate surface area is 142 Å². The molecule has 0 atom stereocenters. The lowest BCUT2D eigenvalue weighted by molar-refractivity contribution is 0.0520. The van der Waals surface area contributed by atoms with Gasteiger partial charge in [0.15, 0.2) is 10.8 Å². The van der Waals surface area contributed by atoms with Crippen molar-refractivity contribution in [3.63, 3.8) is 0 Å². The lowest BCUT2D eigenvalue weighted by atomic mass is 10.1. The van der Waals surface area contributed by atoms with Gasteiger partial charge in [-0.15, -0.1) is 22.7 Å². The molecule has 0 fully saturated rings. The van der Waals surface area contributed by atoms with Gasteiger partial charge in [0.25, 0.3) is 5.91 Å². The van der Waals surface area contributed by atoms with Crippen molar-refractivity contribution in [3.8, 4) is 0 Å². The molecule has 1 N–H and O–H groups in total. The Hall–Kier alpha value is -1.73. The van der Waals surface area contributed by atoms with Gasteiger partial charge in [0.1, 0.15) is 0 Å². The third-order valence-corrected chi connectivity index (χ3v) is 5.67. The van der Waals surface area contributed by atoms with Crippen molar-refractivity contribution in [3.05, 3.63) is 32.5 Å². The molecular weight excluding hydrogens is 332 g/mol. The number of amides is 1. The molecule has 2 aromatic heterocycles. The van der Waals surface area contributed by atoms with E-state index in [0.29, 0.717) is 16.6 Å². The summed E-state index contributed by atoms with van der Waals surface area (Å²) in [4.78, 5) is 30.1. The van der Waals surface area contributed by atoms with Crippen molar-refractivity contribution in [1.82, 2.24) is 4.98 Å². The van der Waals surface area contributed by atoms with Crippen molar-refractivity contribution in [2.24, 2.45) is 0 Å². The Kier molecular flexibility index (Phi) is 5.07. The maximum Gasteiger partial charge on any atom is 0.357 e. The highest BCUT2D eigenvalue weighted by atomic mass is 32.1. The highest BCUT2D eigenvalue weighted by Crippen LogP contribution is 2.29. The second-order valence-electron chi connectivity index (χ2n) is 5.33. The lowest BCUT2D eigenvalue weighted by Gasteiger charge is -1.99. The van der Waals surface area contributed by atoms with Crippen LogP contribution in [-0.2, 0) is 17.6 Å². The van der Waals surface area contributed by atoms with Gasteiger partial charge in [0.2, 0.25) is 0 Å². The van der Waals surface area contributed by atoms with E-state index in [1.165, 1.54) is 41.0 Å². The van der Waals surface area contributed by atoms with E-state index in [2.05, 4.69) is 10.3 Å². The first-order valence-corrected chi connectivity index (χ1v) is 9.42. The molecule has 1 amide bonds. The molecular formula is C16H18N2O3S2. The van der Waals surface area contributed by atoms with Crippen LogP contribution in [0.15, 0.2) is 11.4 Å². The summed E-state index contributed by atoms with van der Waals surface area (Å²) < 4.78 is 4.89. The molecule has 0 unspecified atom stereocenters. The molecule has 2 heterocycles. The van der Waals surface area contributed by atoms with Crippen LogP contribution < -0.4 is 5.32 Å². The van der Waals surface area contributed by atoms with Gasteiger partial charge in [-0.25, -0.2) is 9.78 Å². The average Bonchev–Trinajstić information content (AvgIpc) is 3.10. The van der Waals surface area contributed by atoms with Crippen molar-refractivity contribution in [1.29, 1.82) is 0 Å². The number of aromatic nitrogens is 1. The van der Waals surface area contributed by atoms with Gasteiger partial charge >= 0.3 is 5.97 Å². The molecule has 0 saturated heterocycles. The third-order valence-electron chi connectivity index (χ3n) is 3.68. The summed E-state index contributed by atoms with van der Waals surface area (Å²) in [7, 11) is 0. The number of hydrogen-bond donors (Lipinski definition) is 1. The van der Waals surface area contributed by atoms with Crippen LogP contribution in [0.1, 0.15) is 56.8 Å². The van der Waals surface area contributed by atoms with E-state index in [4.69, 9.17) is 4.74 Å². The number of ether oxygens (including phenoxy) is 1. The molecule has 1 aliphatic carbocycles. The average molecular weight is 350 g/mol. The van der Waals surface area contributed by atoms with Crippen LogP contribution >= 0.6 is 22.7 Å². The van der Waals surface area contributed by atoms with Crippen LogP contribution in [0, 0.1) is 0 Å². The molecule has 0 saturated carbocycles. The number of rotatable bonds is 4. The van der Waals surface area contributed by atoms with Crippen LogP contribution in [-0.4, -0.2) is 23.5 Å². The monoisotopic (exact) mass is 350 g/mol. The summed E-state index contributed by atoms with van der Waals surface area (Å²) in [6.45, 7) is 2.05. The van der Waals surface area contributed by atoms with Crippen molar-refractivity contribution < 1.29 is 14.3 Å². The quantitative estimate of drug-likeness (QED) is 0.671. The second kappa shape index (κ2) is 7.23. The number of nitrogens with one attached hydrogen (secondary N) is 1. The summed E-state index contributed by atoms with van der Waals surface area (Å²) in [6.07, 6.45) is 5.78. The smallest absolute Gasteiger partial charge is 0.357 e. The van der Waals surface area contributed by atoms with E-state index in [-0.39, 0.29) is 11.6 Å². The maximum absolute atomic E-state index is 12.4. The molecule has 0 radical (unpaired) electrons. The molecule has 0 aliphatic heterocycles. The number of thiophene rings is 1. The Balaban J connectivity index is 1.68.